The molecule has 1 fully saturated rings. The van der Waals surface area contributed by atoms with E-state index < -0.39 is 0 Å². The maximum atomic E-state index is 11.2. The normalized spacial score (nSPS) is 17.1. The molecular formula is C9H16N2O3. The largest absolute Gasteiger partial charge is 0.382 e. The zero-order chi connectivity index (χ0) is 10.4. The lowest BCUT2D eigenvalue weighted by molar-refractivity contribution is -0.121. The van der Waals surface area contributed by atoms with Crippen LogP contribution in [0.1, 0.15) is 19.8 Å². The van der Waals surface area contributed by atoms with Gasteiger partial charge in [-0.3, -0.25) is 10.1 Å². The monoisotopic (exact) mass is 200 g/mol. The van der Waals surface area contributed by atoms with Crippen molar-refractivity contribution in [3.63, 3.8) is 0 Å². The first-order valence-electron chi connectivity index (χ1n) is 4.90. The Morgan fingerprint density at radius 1 is 1.50 bits per heavy atom. The molecule has 0 aromatic heterocycles. The molecular weight excluding hydrogens is 184 g/mol. The maximum Gasteiger partial charge on any atom is 0.324 e. The van der Waals surface area contributed by atoms with E-state index in [9.17, 15) is 9.59 Å². The zero-order valence-electron chi connectivity index (χ0n) is 8.41. The van der Waals surface area contributed by atoms with Gasteiger partial charge in [0.2, 0.25) is 5.91 Å². The number of imide groups is 1. The van der Waals surface area contributed by atoms with Crippen molar-refractivity contribution in [2.45, 2.75) is 19.8 Å². The van der Waals surface area contributed by atoms with Gasteiger partial charge in [0.15, 0.2) is 0 Å². The summed E-state index contributed by atoms with van der Waals surface area (Å²) in [5, 5.41) is 2.28. The van der Waals surface area contributed by atoms with Crippen molar-refractivity contribution in [2.24, 2.45) is 0 Å². The van der Waals surface area contributed by atoms with Crippen LogP contribution in [-0.4, -0.2) is 43.1 Å². The Morgan fingerprint density at radius 2 is 2.29 bits per heavy atom. The van der Waals surface area contributed by atoms with Crippen molar-refractivity contribution in [3.05, 3.63) is 0 Å². The summed E-state index contributed by atoms with van der Waals surface area (Å²) in [6, 6.07) is -0.280. The first-order chi connectivity index (χ1) is 6.74. The lowest BCUT2D eigenvalue weighted by Gasteiger charge is -2.26. The Bertz CT molecular complexity index is 218. The highest BCUT2D eigenvalue weighted by atomic mass is 16.5. The lowest BCUT2D eigenvalue weighted by Crippen LogP contribution is -2.49. The quantitative estimate of drug-likeness (QED) is 0.652. The van der Waals surface area contributed by atoms with Crippen molar-refractivity contribution < 1.29 is 14.3 Å². The van der Waals surface area contributed by atoms with E-state index >= 15 is 0 Å². The molecule has 0 bridgehead atoms. The minimum atomic E-state index is -0.280. The number of ether oxygens (including phenoxy) is 1. The van der Waals surface area contributed by atoms with E-state index in [1.807, 2.05) is 6.92 Å². The zero-order valence-corrected chi connectivity index (χ0v) is 8.41. The number of urea groups is 1. The van der Waals surface area contributed by atoms with E-state index in [1.54, 1.807) is 4.90 Å². The molecule has 1 rings (SSSR count). The van der Waals surface area contributed by atoms with Gasteiger partial charge in [-0.2, -0.15) is 0 Å². The topological polar surface area (TPSA) is 58.6 Å². The number of hydrogen-bond donors (Lipinski definition) is 1. The third-order valence-electron chi connectivity index (χ3n) is 2.06. The Kier molecular flexibility index (Phi) is 4.39. The fourth-order valence-electron chi connectivity index (χ4n) is 1.31. The molecule has 1 saturated heterocycles. The molecule has 0 atom stereocenters. The molecule has 0 aliphatic carbocycles. The number of carbonyl (C=O) groups excluding carboxylic acids is 2. The number of nitrogens with one attached hydrogen (secondary N) is 1. The standard InChI is InChI=1S/C9H16N2O3/c1-2-14-7-3-5-11-6-4-8(12)10-9(11)13/h2-7H2,1H3,(H,10,12,13). The highest BCUT2D eigenvalue weighted by Gasteiger charge is 2.21. The summed E-state index contributed by atoms with van der Waals surface area (Å²) in [6.45, 7) is 4.47. The van der Waals surface area contributed by atoms with Crippen molar-refractivity contribution in [1.29, 1.82) is 0 Å². The lowest BCUT2D eigenvalue weighted by atomic mass is 10.3. The molecule has 0 radical (unpaired) electrons. The summed E-state index contributed by atoms with van der Waals surface area (Å²) in [6.07, 6.45) is 1.22. The van der Waals surface area contributed by atoms with Crippen LogP contribution >= 0.6 is 0 Å². The summed E-state index contributed by atoms with van der Waals surface area (Å²) >= 11 is 0. The van der Waals surface area contributed by atoms with Gasteiger partial charge in [-0.1, -0.05) is 0 Å². The summed E-state index contributed by atoms with van der Waals surface area (Å²) in [5.41, 5.74) is 0. The highest BCUT2D eigenvalue weighted by molar-refractivity contribution is 5.96. The Hall–Kier alpha value is -1.10. The molecule has 0 spiro atoms. The molecule has 14 heavy (non-hydrogen) atoms. The summed E-state index contributed by atoms with van der Waals surface area (Å²) in [5.74, 6) is -0.184. The molecule has 0 aromatic rings. The van der Waals surface area contributed by atoms with Crippen molar-refractivity contribution in [1.82, 2.24) is 10.2 Å². The summed E-state index contributed by atoms with van der Waals surface area (Å²) in [7, 11) is 0. The van der Waals surface area contributed by atoms with Gasteiger partial charge < -0.3 is 9.64 Å². The van der Waals surface area contributed by atoms with E-state index in [0.29, 0.717) is 32.7 Å². The molecule has 0 unspecified atom stereocenters. The van der Waals surface area contributed by atoms with Crippen LogP contribution in [0.2, 0.25) is 0 Å². The molecule has 1 N–H and O–H groups in total. The SMILES string of the molecule is CCOCCCN1CCC(=O)NC1=O. The average molecular weight is 200 g/mol. The average Bonchev–Trinajstić information content (AvgIpc) is 2.15. The third-order valence-corrected chi connectivity index (χ3v) is 2.06. The fraction of sp³-hybridized carbons (Fsp3) is 0.778. The number of rotatable bonds is 5. The molecule has 1 aliphatic heterocycles. The molecule has 1 heterocycles. The Morgan fingerprint density at radius 3 is 2.93 bits per heavy atom. The number of nitrogens with zero attached hydrogens (tertiary/aromatic N) is 1. The van der Waals surface area contributed by atoms with Gasteiger partial charge in [-0.15, -0.1) is 0 Å². The van der Waals surface area contributed by atoms with Crippen molar-refractivity contribution in [3.8, 4) is 0 Å². The van der Waals surface area contributed by atoms with E-state index in [0.717, 1.165) is 6.42 Å². The first-order valence-corrected chi connectivity index (χ1v) is 4.90. The van der Waals surface area contributed by atoms with Crippen LogP contribution in [0.4, 0.5) is 4.79 Å². The van der Waals surface area contributed by atoms with E-state index in [4.69, 9.17) is 4.74 Å². The Balaban J connectivity index is 2.17. The minimum absolute atomic E-state index is 0.184. The molecule has 5 heteroatoms. The van der Waals surface area contributed by atoms with Gasteiger partial charge in [0.05, 0.1) is 0 Å². The molecule has 80 valence electrons. The predicted octanol–water partition coefficient (Wildman–Crippen LogP) is 0.355. The summed E-state index contributed by atoms with van der Waals surface area (Å²) < 4.78 is 5.16. The number of hydrogen-bond acceptors (Lipinski definition) is 3. The molecule has 1 aliphatic rings. The maximum absolute atomic E-state index is 11.2. The van der Waals surface area contributed by atoms with Gasteiger partial charge in [0.25, 0.3) is 0 Å². The van der Waals surface area contributed by atoms with E-state index in [2.05, 4.69) is 5.32 Å². The van der Waals surface area contributed by atoms with Gasteiger partial charge in [-0.25, -0.2) is 4.79 Å². The van der Waals surface area contributed by atoms with Gasteiger partial charge in [-0.05, 0) is 13.3 Å². The molecule has 5 nitrogen and oxygen atoms in total. The van der Waals surface area contributed by atoms with Crippen molar-refractivity contribution in [2.75, 3.05) is 26.3 Å². The molecule has 0 aromatic carbocycles. The van der Waals surface area contributed by atoms with Crippen LogP contribution in [0.25, 0.3) is 0 Å². The van der Waals surface area contributed by atoms with Crippen LogP contribution < -0.4 is 5.32 Å². The molecule has 3 amide bonds. The van der Waals surface area contributed by atoms with Gasteiger partial charge in [0.1, 0.15) is 0 Å². The molecule has 0 saturated carbocycles. The fourth-order valence-corrected chi connectivity index (χ4v) is 1.31. The van der Waals surface area contributed by atoms with Crippen LogP contribution in [0.3, 0.4) is 0 Å². The van der Waals surface area contributed by atoms with Crippen LogP contribution in [0.15, 0.2) is 0 Å². The van der Waals surface area contributed by atoms with Crippen LogP contribution in [-0.2, 0) is 9.53 Å². The van der Waals surface area contributed by atoms with E-state index in [1.165, 1.54) is 0 Å². The first kappa shape index (κ1) is 11.0. The van der Waals surface area contributed by atoms with Gasteiger partial charge >= 0.3 is 6.03 Å². The second-order valence-electron chi connectivity index (χ2n) is 3.14. The van der Waals surface area contributed by atoms with Crippen LogP contribution in [0, 0.1) is 0 Å². The Labute approximate surface area is 83.4 Å². The highest BCUT2D eigenvalue weighted by Crippen LogP contribution is 2.01. The van der Waals surface area contributed by atoms with Crippen LogP contribution in [0.5, 0.6) is 0 Å². The smallest absolute Gasteiger partial charge is 0.324 e. The van der Waals surface area contributed by atoms with Crippen molar-refractivity contribution >= 4 is 11.9 Å². The second kappa shape index (κ2) is 5.59. The third kappa shape index (κ3) is 3.33. The summed E-state index contributed by atoms with van der Waals surface area (Å²) in [4.78, 5) is 23.7. The van der Waals surface area contributed by atoms with Gasteiger partial charge in [0, 0.05) is 32.7 Å². The number of carbonyl (C=O) groups is 2. The van der Waals surface area contributed by atoms with E-state index in [-0.39, 0.29) is 11.9 Å². The predicted molar refractivity (Wildman–Crippen MR) is 50.8 cm³/mol. The number of amides is 3. The minimum Gasteiger partial charge on any atom is -0.382 e. The second-order valence-corrected chi connectivity index (χ2v) is 3.14.